The summed E-state index contributed by atoms with van der Waals surface area (Å²) in [5.41, 5.74) is 2.26. The van der Waals surface area contributed by atoms with E-state index in [1.807, 2.05) is 29.2 Å². The standard InChI is InChI=1S/C19H16N2O2S/c22-18(9-8-15-7-4-12-23-15)21-11-10-16-17(13-21)24-19(20-16)14-5-2-1-3-6-14/h1-9,12H,10-11,13H2/b9-8+. The third-order valence-corrected chi connectivity index (χ3v) is 5.13. The number of fused-ring (bicyclic) bond motifs is 1. The van der Waals surface area contributed by atoms with E-state index in [-0.39, 0.29) is 5.91 Å². The molecule has 4 rings (SSSR count). The average molecular weight is 336 g/mol. The fourth-order valence-electron chi connectivity index (χ4n) is 2.73. The van der Waals surface area contributed by atoms with Gasteiger partial charge in [-0.05, 0) is 18.2 Å². The molecule has 1 amide bonds. The molecule has 1 aliphatic rings. The summed E-state index contributed by atoms with van der Waals surface area (Å²) in [5.74, 6) is 0.692. The zero-order chi connectivity index (χ0) is 16.4. The van der Waals surface area contributed by atoms with E-state index in [0.29, 0.717) is 18.8 Å². The molecule has 0 radical (unpaired) electrons. The number of aromatic nitrogens is 1. The number of thiazole rings is 1. The van der Waals surface area contributed by atoms with Crippen LogP contribution in [0.1, 0.15) is 16.3 Å². The zero-order valence-electron chi connectivity index (χ0n) is 13.0. The van der Waals surface area contributed by atoms with Crippen molar-refractivity contribution < 1.29 is 9.21 Å². The highest BCUT2D eigenvalue weighted by Crippen LogP contribution is 2.31. The topological polar surface area (TPSA) is 46.3 Å². The third-order valence-electron chi connectivity index (χ3n) is 4.00. The highest BCUT2D eigenvalue weighted by molar-refractivity contribution is 7.15. The first-order valence-corrected chi connectivity index (χ1v) is 8.66. The molecule has 0 bridgehead atoms. The van der Waals surface area contributed by atoms with Gasteiger partial charge in [-0.3, -0.25) is 4.79 Å². The number of hydrogen-bond acceptors (Lipinski definition) is 4. The molecule has 0 fully saturated rings. The monoisotopic (exact) mass is 336 g/mol. The molecule has 4 nitrogen and oxygen atoms in total. The van der Waals surface area contributed by atoms with Crippen LogP contribution in [0.4, 0.5) is 0 Å². The molecule has 0 unspecified atom stereocenters. The van der Waals surface area contributed by atoms with Crippen molar-refractivity contribution in [1.82, 2.24) is 9.88 Å². The van der Waals surface area contributed by atoms with E-state index in [4.69, 9.17) is 9.40 Å². The molecule has 0 atom stereocenters. The normalized spacial score (nSPS) is 14.1. The Labute approximate surface area is 144 Å². The van der Waals surface area contributed by atoms with Crippen LogP contribution in [0.3, 0.4) is 0 Å². The van der Waals surface area contributed by atoms with Gasteiger partial charge >= 0.3 is 0 Å². The first kappa shape index (κ1) is 14.9. The minimum atomic E-state index is 0.00621. The van der Waals surface area contributed by atoms with Crippen LogP contribution in [0, 0.1) is 0 Å². The molecule has 3 aromatic rings. The van der Waals surface area contributed by atoms with Gasteiger partial charge in [-0.2, -0.15) is 0 Å². The average Bonchev–Trinajstić information content (AvgIpc) is 3.29. The molecule has 24 heavy (non-hydrogen) atoms. The summed E-state index contributed by atoms with van der Waals surface area (Å²) in [6.45, 7) is 1.33. The van der Waals surface area contributed by atoms with Gasteiger partial charge in [-0.15, -0.1) is 11.3 Å². The van der Waals surface area contributed by atoms with Gasteiger partial charge in [0.2, 0.25) is 5.91 Å². The molecule has 3 heterocycles. The van der Waals surface area contributed by atoms with Crippen LogP contribution in [0.2, 0.25) is 0 Å². The minimum absolute atomic E-state index is 0.00621. The maximum atomic E-state index is 12.4. The fourth-order valence-corrected chi connectivity index (χ4v) is 3.86. The second-order valence-electron chi connectivity index (χ2n) is 5.61. The summed E-state index contributed by atoms with van der Waals surface area (Å²) in [7, 11) is 0. The van der Waals surface area contributed by atoms with Gasteiger partial charge < -0.3 is 9.32 Å². The molecular formula is C19H16N2O2S. The summed E-state index contributed by atoms with van der Waals surface area (Å²) < 4.78 is 5.21. The summed E-state index contributed by atoms with van der Waals surface area (Å²) >= 11 is 1.68. The largest absolute Gasteiger partial charge is 0.465 e. The lowest BCUT2D eigenvalue weighted by molar-refractivity contribution is -0.126. The Morgan fingerprint density at radius 1 is 1.21 bits per heavy atom. The number of carbonyl (C=O) groups excluding carboxylic acids is 1. The lowest BCUT2D eigenvalue weighted by Crippen LogP contribution is -2.34. The number of benzene rings is 1. The SMILES string of the molecule is O=C(/C=C/c1ccco1)N1CCc2nc(-c3ccccc3)sc2C1. The molecule has 1 aliphatic heterocycles. The van der Waals surface area contributed by atoms with Crippen molar-refractivity contribution in [3.05, 3.63) is 71.1 Å². The van der Waals surface area contributed by atoms with Gasteiger partial charge in [0, 0.05) is 29.5 Å². The maximum Gasteiger partial charge on any atom is 0.247 e. The Morgan fingerprint density at radius 2 is 2.08 bits per heavy atom. The minimum Gasteiger partial charge on any atom is -0.465 e. The lowest BCUT2D eigenvalue weighted by atomic mass is 10.1. The first-order valence-electron chi connectivity index (χ1n) is 7.84. The van der Waals surface area contributed by atoms with Crippen molar-refractivity contribution in [2.75, 3.05) is 6.54 Å². The summed E-state index contributed by atoms with van der Waals surface area (Å²) in [6, 6.07) is 13.8. The van der Waals surface area contributed by atoms with Crippen LogP contribution in [0.5, 0.6) is 0 Å². The highest BCUT2D eigenvalue weighted by atomic mass is 32.1. The molecule has 120 valence electrons. The van der Waals surface area contributed by atoms with E-state index in [0.717, 1.165) is 22.7 Å². The van der Waals surface area contributed by atoms with Crippen molar-refractivity contribution in [3.8, 4) is 10.6 Å². The first-order chi connectivity index (χ1) is 11.8. The number of rotatable bonds is 3. The van der Waals surface area contributed by atoms with Crippen molar-refractivity contribution in [1.29, 1.82) is 0 Å². The summed E-state index contributed by atoms with van der Waals surface area (Å²) in [4.78, 5) is 20.1. The molecule has 0 N–H and O–H groups in total. The lowest BCUT2D eigenvalue weighted by Gasteiger charge is -2.24. The van der Waals surface area contributed by atoms with E-state index < -0.39 is 0 Å². The van der Waals surface area contributed by atoms with Crippen LogP contribution < -0.4 is 0 Å². The van der Waals surface area contributed by atoms with Gasteiger partial charge in [0.1, 0.15) is 10.8 Å². The van der Waals surface area contributed by atoms with E-state index in [2.05, 4.69) is 12.1 Å². The third kappa shape index (κ3) is 3.03. The molecule has 0 spiro atoms. The smallest absolute Gasteiger partial charge is 0.247 e. The maximum absolute atomic E-state index is 12.4. The van der Waals surface area contributed by atoms with E-state index in [9.17, 15) is 4.79 Å². The Kier molecular flexibility index (Phi) is 4.01. The van der Waals surface area contributed by atoms with Crippen molar-refractivity contribution in [2.45, 2.75) is 13.0 Å². The summed E-state index contributed by atoms with van der Waals surface area (Å²) in [5, 5.41) is 1.03. The Hall–Kier alpha value is -2.66. The van der Waals surface area contributed by atoms with Gasteiger partial charge in [0.05, 0.1) is 18.5 Å². The Balaban J connectivity index is 1.49. The van der Waals surface area contributed by atoms with Gasteiger partial charge in [-0.25, -0.2) is 4.98 Å². The highest BCUT2D eigenvalue weighted by Gasteiger charge is 2.23. The number of nitrogens with zero attached hydrogens (tertiary/aromatic N) is 2. The molecular weight excluding hydrogens is 320 g/mol. The quantitative estimate of drug-likeness (QED) is 0.679. The molecule has 0 saturated heterocycles. The number of amides is 1. The van der Waals surface area contributed by atoms with Crippen molar-refractivity contribution >= 4 is 23.3 Å². The second kappa shape index (κ2) is 6.45. The molecule has 5 heteroatoms. The van der Waals surface area contributed by atoms with Crippen molar-refractivity contribution in [2.24, 2.45) is 0 Å². The van der Waals surface area contributed by atoms with E-state index >= 15 is 0 Å². The van der Waals surface area contributed by atoms with E-state index in [1.54, 1.807) is 35.8 Å². The van der Waals surface area contributed by atoms with Gasteiger partial charge in [0.15, 0.2) is 0 Å². The predicted molar refractivity (Wildman–Crippen MR) is 94.4 cm³/mol. The number of carbonyl (C=O) groups is 1. The fraction of sp³-hybridized carbons (Fsp3) is 0.158. The van der Waals surface area contributed by atoms with Crippen LogP contribution >= 0.6 is 11.3 Å². The number of furan rings is 1. The van der Waals surface area contributed by atoms with Gasteiger partial charge in [0.25, 0.3) is 0 Å². The Morgan fingerprint density at radius 3 is 2.88 bits per heavy atom. The number of hydrogen-bond donors (Lipinski definition) is 0. The molecule has 0 saturated carbocycles. The molecule has 2 aromatic heterocycles. The zero-order valence-corrected chi connectivity index (χ0v) is 13.8. The molecule has 0 aliphatic carbocycles. The van der Waals surface area contributed by atoms with Crippen LogP contribution in [0.15, 0.2) is 59.2 Å². The van der Waals surface area contributed by atoms with Gasteiger partial charge in [-0.1, -0.05) is 30.3 Å². The Bertz CT molecular complexity index is 866. The second-order valence-corrected chi connectivity index (χ2v) is 6.70. The van der Waals surface area contributed by atoms with E-state index in [1.165, 1.54) is 4.88 Å². The van der Waals surface area contributed by atoms with Crippen LogP contribution in [-0.2, 0) is 17.8 Å². The van der Waals surface area contributed by atoms with Crippen molar-refractivity contribution in [3.63, 3.8) is 0 Å². The van der Waals surface area contributed by atoms with Crippen LogP contribution in [0.25, 0.3) is 16.6 Å². The summed E-state index contributed by atoms with van der Waals surface area (Å²) in [6.07, 6.45) is 5.68. The predicted octanol–water partition coefficient (Wildman–Crippen LogP) is 4.00. The molecule has 1 aromatic carbocycles. The van der Waals surface area contributed by atoms with Crippen LogP contribution in [-0.4, -0.2) is 22.3 Å².